The van der Waals surface area contributed by atoms with E-state index in [1.165, 1.54) is 0 Å². The lowest BCUT2D eigenvalue weighted by Gasteiger charge is -2.07. The van der Waals surface area contributed by atoms with E-state index in [0.29, 0.717) is 17.7 Å². The lowest BCUT2D eigenvalue weighted by molar-refractivity contribution is 0.182. The van der Waals surface area contributed by atoms with Crippen molar-refractivity contribution in [3.05, 3.63) is 84.2 Å². The number of aliphatic hydroxyl groups is 1. The SMILES string of the molecule is C=CCc1ccc(-c2ccc3cc(/C=C/CCCC(C)O)ccc3n2)c(F)c1. The van der Waals surface area contributed by atoms with Crippen molar-refractivity contribution in [1.29, 1.82) is 0 Å². The molecule has 3 aromatic rings. The molecule has 0 bridgehead atoms. The van der Waals surface area contributed by atoms with E-state index >= 15 is 0 Å². The summed E-state index contributed by atoms with van der Waals surface area (Å²) in [7, 11) is 0. The number of nitrogens with zero attached hydrogens (tertiary/aromatic N) is 1. The van der Waals surface area contributed by atoms with E-state index in [1.54, 1.807) is 18.2 Å². The van der Waals surface area contributed by atoms with Crippen molar-refractivity contribution in [2.75, 3.05) is 0 Å². The minimum absolute atomic E-state index is 0.239. The molecule has 3 heteroatoms. The van der Waals surface area contributed by atoms with Gasteiger partial charge in [0.2, 0.25) is 0 Å². The van der Waals surface area contributed by atoms with Crippen molar-refractivity contribution >= 4 is 17.0 Å². The zero-order valence-corrected chi connectivity index (χ0v) is 16.2. The van der Waals surface area contributed by atoms with Gasteiger partial charge in [0.15, 0.2) is 0 Å². The highest BCUT2D eigenvalue weighted by Gasteiger charge is 2.08. The number of benzene rings is 2. The summed E-state index contributed by atoms with van der Waals surface area (Å²) in [6, 6.07) is 15.2. The summed E-state index contributed by atoms with van der Waals surface area (Å²) >= 11 is 0. The number of hydrogen-bond acceptors (Lipinski definition) is 2. The first-order valence-corrected chi connectivity index (χ1v) is 9.72. The summed E-state index contributed by atoms with van der Waals surface area (Å²) in [6.45, 7) is 5.51. The number of pyridine rings is 1. The molecular formula is C25H26FNO. The monoisotopic (exact) mass is 375 g/mol. The molecule has 1 unspecified atom stereocenters. The Morgan fingerprint density at radius 3 is 2.75 bits per heavy atom. The van der Waals surface area contributed by atoms with Crippen molar-refractivity contribution in [1.82, 2.24) is 4.98 Å². The van der Waals surface area contributed by atoms with Crippen LogP contribution in [0.5, 0.6) is 0 Å². The van der Waals surface area contributed by atoms with Gasteiger partial charge in [0.05, 0.1) is 17.3 Å². The molecule has 0 saturated carbocycles. The standard InChI is InChI=1S/C25H26FNO/c1-3-7-19-10-13-22(23(26)17-19)25-15-12-21-16-20(11-14-24(21)27-25)9-6-4-5-8-18(2)28/h3,6,9-18,28H,1,4-5,7-8H2,2H3/b9-6+. The maximum Gasteiger partial charge on any atom is 0.132 e. The predicted octanol–water partition coefficient (Wildman–Crippen LogP) is 6.33. The van der Waals surface area contributed by atoms with Gasteiger partial charge in [-0.3, -0.25) is 0 Å². The number of halogens is 1. The van der Waals surface area contributed by atoms with E-state index in [0.717, 1.165) is 41.3 Å². The predicted molar refractivity (Wildman–Crippen MR) is 116 cm³/mol. The second kappa shape index (κ2) is 9.43. The maximum atomic E-state index is 14.5. The van der Waals surface area contributed by atoms with Crippen LogP contribution in [0.4, 0.5) is 4.39 Å². The van der Waals surface area contributed by atoms with E-state index < -0.39 is 0 Å². The van der Waals surface area contributed by atoms with Crippen molar-refractivity contribution in [2.45, 2.75) is 38.7 Å². The molecule has 1 aromatic heterocycles. The molecule has 0 aliphatic carbocycles. The third-order valence-corrected chi connectivity index (χ3v) is 4.71. The van der Waals surface area contributed by atoms with Crippen molar-refractivity contribution in [3.8, 4) is 11.3 Å². The molecule has 3 rings (SSSR count). The first kappa shape index (κ1) is 20.0. The largest absolute Gasteiger partial charge is 0.393 e. The van der Waals surface area contributed by atoms with Gasteiger partial charge in [-0.1, -0.05) is 36.4 Å². The minimum atomic E-state index is -0.261. The van der Waals surface area contributed by atoms with E-state index in [-0.39, 0.29) is 11.9 Å². The molecule has 0 saturated heterocycles. The normalized spacial score (nSPS) is 12.5. The Balaban J connectivity index is 1.78. The Bertz CT molecular complexity index is 991. The first-order chi connectivity index (χ1) is 13.6. The summed E-state index contributed by atoms with van der Waals surface area (Å²) in [5.41, 5.74) is 4.01. The molecule has 1 atom stereocenters. The molecule has 0 aliphatic heterocycles. The van der Waals surface area contributed by atoms with Gasteiger partial charge in [0.1, 0.15) is 5.82 Å². The molecule has 0 spiro atoms. The number of unbranched alkanes of at least 4 members (excludes halogenated alkanes) is 1. The quantitative estimate of drug-likeness (QED) is 0.368. The molecule has 0 fully saturated rings. The van der Waals surface area contributed by atoms with Crippen molar-refractivity contribution < 1.29 is 9.50 Å². The highest BCUT2D eigenvalue weighted by atomic mass is 19.1. The summed E-state index contributed by atoms with van der Waals surface area (Å²) in [4.78, 5) is 4.64. The number of aromatic nitrogens is 1. The van der Waals surface area contributed by atoms with Crippen LogP contribution in [0.3, 0.4) is 0 Å². The average Bonchev–Trinajstić information content (AvgIpc) is 2.67. The highest BCUT2D eigenvalue weighted by Crippen LogP contribution is 2.25. The number of fused-ring (bicyclic) bond motifs is 1. The van der Waals surface area contributed by atoms with Crippen LogP contribution in [0, 0.1) is 5.82 Å². The fraction of sp³-hybridized carbons (Fsp3) is 0.240. The fourth-order valence-corrected chi connectivity index (χ4v) is 3.21. The average molecular weight is 375 g/mol. The molecule has 0 radical (unpaired) electrons. The van der Waals surface area contributed by atoms with Crippen LogP contribution < -0.4 is 0 Å². The zero-order valence-electron chi connectivity index (χ0n) is 16.2. The molecule has 28 heavy (non-hydrogen) atoms. The van der Waals surface area contributed by atoms with Crippen LogP contribution in [0.1, 0.15) is 37.3 Å². The molecule has 144 valence electrons. The first-order valence-electron chi connectivity index (χ1n) is 9.72. The van der Waals surface area contributed by atoms with Gasteiger partial charge < -0.3 is 5.11 Å². The molecule has 2 nitrogen and oxygen atoms in total. The Labute approximate surface area is 166 Å². The van der Waals surface area contributed by atoms with Crippen molar-refractivity contribution in [2.24, 2.45) is 0 Å². The molecular weight excluding hydrogens is 349 g/mol. The minimum Gasteiger partial charge on any atom is -0.393 e. The molecule has 1 heterocycles. The van der Waals surface area contributed by atoms with Crippen LogP contribution in [-0.4, -0.2) is 16.2 Å². The van der Waals surface area contributed by atoms with E-state index in [4.69, 9.17) is 0 Å². The second-order valence-electron chi connectivity index (χ2n) is 7.14. The Hall–Kier alpha value is -2.78. The highest BCUT2D eigenvalue weighted by molar-refractivity contribution is 5.83. The van der Waals surface area contributed by atoms with Crippen LogP contribution >= 0.6 is 0 Å². The molecule has 2 aromatic carbocycles. The van der Waals surface area contributed by atoms with Gasteiger partial charge in [0.25, 0.3) is 0 Å². The lowest BCUT2D eigenvalue weighted by Crippen LogP contribution is -1.97. The van der Waals surface area contributed by atoms with Gasteiger partial charge in [-0.2, -0.15) is 0 Å². The molecule has 0 amide bonds. The van der Waals surface area contributed by atoms with Gasteiger partial charge in [0, 0.05) is 10.9 Å². The summed E-state index contributed by atoms with van der Waals surface area (Å²) in [5, 5.41) is 10.3. The Morgan fingerprint density at radius 1 is 1.14 bits per heavy atom. The van der Waals surface area contributed by atoms with Gasteiger partial charge in [-0.05, 0) is 74.1 Å². The smallest absolute Gasteiger partial charge is 0.132 e. The van der Waals surface area contributed by atoms with Gasteiger partial charge in [-0.15, -0.1) is 6.58 Å². The molecule has 0 aliphatic rings. The van der Waals surface area contributed by atoms with Crippen molar-refractivity contribution in [3.63, 3.8) is 0 Å². The second-order valence-corrected chi connectivity index (χ2v) is 7.14. The maximum absolute atomic E-state index is 14.5. The summed E-state index contributed by atoms with van der Waals surface area (Å²) in [6.07, 6.45) is 9.14. The van der Waals surface area contributed by atoms with Crippen LogP contribution in [-0.2, 0) is 6.42 Å². The van der Waals surface area contributed by atoms with Crippen LogP contribution in [0.15, 0.2) is 67.3 Å². The van der Waals surface area contributed by atoms with E-state index in [1.807, 2.05) is 37.3 Å². The fourth-order valence-electron chi connectivity index (χ4n) is 3.21. The van der Waals surface area contributed by atoms with Gasteiger partial charge in [-0.25, -0.2) is 9.37 Å². The van der Waals surface area contributed by atoms with E-state index in [9.17, 15) is 9.50 Å². The number of hydrogen-bond donors (Lipinski definition) is 1. The Kier molecular flexibility index (Phi) is 6.72. The summed E-state index contributed by atoms with van der Waals surface area (Å²) in [5.74, 6) is -0.261. The third kappa shape index (κ3) is 5.14. The topological polar surface area (TPSA) is 33.1 Å². The Morgan fingerprint density at radius 2 is 2.00 bits per heavy atom. The lowest BCUT2D eigenvalue weighted by atomic mass is 10.0. The zero-order chi connectivity index (χ0) is 19.9. The number of rotatable bonds is 8. The number of allylic oxidation sites excluding steroid dienone is 2. The summed E-state index contributed by atoms with van der Waals surface area (Å²) < 4.78 is 14.5. The van der Waals surface area contributed by atoms with E-state index in [2.05, 4.69) is 29.8 Å². The molecule has 1 N–H and O–H groups in total. The third-order valence-electron chi connectivity index (χ3n) is 4.71. The van der Waals surface area contributed by atoms with Crippen LogP contribution in [0.25, 0.3) is 28.2 Å². The number of aliphatic hydroxyl groups excluding tert-OH is 1. The van der Waals surface area contributed by atoms with Gasteiger partial charge >= 0.3 is 0 Å². The van der Waals surface area contributed by atoms with Crippen LogP contribution in [0.2, 0.25) is 0 Å².